The monoisotopic (exact) mass is 266 g/mol. The van der Waals surface area contributed by atoms with Gasteiger partial charge in [0.1, 0.15) is 0 Å². The molecule has 1 aromatic rings. The Morgan fingerprint density at radius 2 is 1.59 bits per heavy atom. The molecular weight excluding hydrogens is 253 g/mol. The third-order valence-corrected chi connectivity index (χ3v) is 3.80. The number of sulfone groups is 1. The Kier molecular flexibility index (Phi) is 3.31. The molecule has 0 radical (unpaired) electrons. The molecule has 6 heteroatoms. The molecule has 0 unspecified atom stereocenters. The van der Waals surface area contributed by atoms with Gasteiger partial charge in [0, 0.05) is 0 Å². The van der Waals surface area contributed by atoms with Gasteiger partial charge in [-0.1, -0.05) is 32.9 Å². The maximum Gasteiger partial charge on any atom is 0.501 e. The van der Waals surface area contributed by atoms with E-state index in [0.29, 0.717) is 5.56 Å². The summed E-state index contributed by atoms with van der Waals surface area (Å²) in [6.45, 7) is 5.39. The van der Waals surface area contributed by atoms with E-state index in [4.69, 9.17) is 0 Å². The van der Waals surface area contributed by atoms with Crippen LogP contribution in [-0.4, -0.2) is 13.9 Å². The zero-order valence-electron chi connectivity index (χ0n) is 9.67. The lowest BCUT2D eigenvalue weighted by Gasteiger charge is -2.20. The van der Waals surface area contributed by atoms with Crippen LogP contribution >= 0.6 is 0 Å². The molecule has 0 aliphatic rings. The lowest BCUT2D eigenvalue weighted by molar-refractivity contribution is -0.0436. The lowest BCUT2D eigenvalue weighted by atomic mass is 9.87. The van der Waals surface area contributed by atoms with Crippen molar-refractivity contribution in [3.8, 4) is 0 Å². The van der Waals surface area contributed by atoms with Crippen LogP contribution in [0.15, 0.2) is 29.2 Å². The topological polar surface area (TPSA) is 34.1 Å². The SMILES string of the molecule is CC(C)(C)c1cccc(S(=O)(=O)C(F)(F)F)c1. The number of alkyl halides is 3. The fourth-order valence-electron chi connectivity index (χ4n) is 1.26. The number of benzene rings is 1. The van der Waals surface area contributed by atoms with E-state index in [1.54, 1.807) is 26.8 Å². The van der Waals surface area contributed by atoms with Gasteiger partial charge in [-0.15, -0.1) is 0 Å². The molecule has 0 saturated carbocycles. The average molecular weight is 266 g/mol. The van der Waals surface area contributed by atoms with Crippen molar-refractivity contribution >= 4 is 9.84 Å². The molecule has 1 rings (SSSR count). The molecule has 0 atom stereocenters. The standard InChI is InChI=1S/C11H13F3O2S/c1-10(2,3)8-5-4-6-9(7-8)17(15,16)11(12,13)14/h4-7H,1-3H3. The van der Waals surface area contributed by atoms with Crippen molar-refractivity contribution in [2.75, 3.05) is 0 Å². The number of hydrogen-bond donors (Lipinski definition) is 0. The van der Waals surface area contributed by atoms with Crippen LogP contribution < -0.4 is 0 Å². The first-order valence-electron chi connectivity index (χ1n) is 4.88. The summed E-state index contributed by atoms with van der Waals surface area (Å²) in [4.78, 5) is -0.711. The van der Waals surface area contributed by atoms with Crippen molar-refractivity contribution in [1.82, 2.24) is 0 Å². The lowest BCUT2D eigenvalue weighted by Crippen LogP contribution is -2.24. The van der Waals surface area contributed by atoms with Crippen LogP contribution in [0, 0.1) is 0 Å². The maximum atomic E-state index is 12.4. The van der Waals surface area contributed by atoms with Crippen molar-refractivity contribution in [3.05, 3.63) is 29.8 Å². The van der Waals surface area contributed by atoms with Crippen LogP contribution in [0.5, 0.6) is 0 Å². The summed E-state index contributed by atoms with van der Waals surface area (Å²) in [5, 5.41) is 0. The molecule has 0 amide bonds. The zero-order chi connectivity index (χ0) is 13.5. The molecule has 2 nitrogen and oxygen atoms in total. The summed E-state index contributed by atoms with van der Waals surface area (Å²) in [5.41, 5.74) is -5.12. The fraction of sp³-hybridized carbons (Fsp3) is 0.455. The van der Waals surface area contributed by atoms with Gasteiger partial charge in [-0.3, -0.25) is 0 Å². The van der Waals surface area contributed by atoms with Crippen LogP contribution in [0.2, 0.25) is 0 Å². The van der Waals surface area contributed by atoms with Crippen LogP contribution in [0.25, 0.3) is 0 Å². The molecule has 0 spiro atoms. The summed E-state index contributed by atoms with van der Waals surface area (Å²) in [7, 11) is -5.26. The first-order valence-corrected chi connectivity index (χ1v) is 6.36. The summed E-state index contributed by atoms with van der Waals surface area (Å²) in [5.74, 6) is 0. The van der Waals surface area contributed by atoms with Gasteiger partial charge < -0.3 is 0 Å². The molecular formula is C11H13F3O2S. The minimum Gasteiger partial charge on any atom is -0.214 e. The van der Waals surface area contributed by atoms with E-state index in [-0.39, 0.29) is 0 Å². The summed E-state index contributed by atoms with van der Waals surface area (Å²) >= 11 is 0. The van der Waals surface area contributed by atoms with E-state index < -0.39 is 25.7 Å². The minimum atomic E-state index is -5.26. The van der Waals surface area contributed by atoms with Gasteiger partial charge >= 0.3 is 5.51 Å². The highest BCUT2D eigenvalue weighted by Gasteiger charge is 2.46. The van der Waals surface area contributed by atoms with Crippen molar-refractivity contribution in [2.45, 2.75) is 36.6 Å². The van der Waals surface area contributed by atoms with Gasteiger partial charge in [-0.2, -0.15) is 13.2 Å². The van der Waals surface area contributed by atoms with Gasteiger partial charge in [0.2, 0.25) is 0 Å². The Morgan fingerprint density at radius 3 is 2.00 bits per heavy atom. The Hall–Kier alpha value is -1.04. The predicted octanol–water partition coefficient (Wildman–Crippen LogP) is 3.28. The zero-order valence-corrected chi connectivity index (χ0v) is 10.5. The van der Waals surface area contributed by atoms with Crippen molar-refractivity contribution in [1.29, 1.82) is 0 Å². The molecule has 0 fully saturated rings. The fourth-order valence-corrected chi connectivity index (χ4v) is 2.07. The van der Waals surface area contributed by atoms with Crippen LogP contribution in [0.3, 0.4) is 0 Å². The van der Waals surface area contributed by atoms with E-state index in [1.807, 2.05) is 0 Å². The van der Waals surface area contributed by atoms with Crippen LogP contribution in [0.4, 0.5) is 13.2 Å². The summed E-state index contributed by atoms with van der Waals surface area (Å²) in [6, 6.07) is 4.95. The average Bonchev–Trinajstić information content (AvgIpc) is 2.15. The second kappa shape index (κ2) is 4.01. The molecule has 0 saturated heterocycles. The molecule has 0 aliphatic carbocycles. The second-order valence-corrected chi connectivity index (χ2v) is 6.67. The Morgan fingerprint density at radius 1 is 1.06 bits per heavy atom. The number of halogens is 3. The molecule has 96 valence electrons. The number of rotatable bonds is 1. The van der Waals surface area contributed by atoms with Crippen molar-refractivity contribution in [2.24, 2.45) is 0 Å². The van der Waals surface area contributed by atoms with Gasteiger partial charge in [0.15, 0.2) is 0 Å². The smallest absolute Gasteiger partial charge is 0.214 e. The predicted molar refractivity (Wildman–Crippen MR) is 58.4 cm³/mol. The van der Waals surface area contributed by atoms with E-state index in [2.05, 4.69) is 0 Å². The summed E-state index contributed by atoms with van der Waals surface area (Å²) in [6.07, 6.45) is 0. The van der Waals surface area contributed by atoms with Crippen molar-refractivity contribution in [3.63, 3.8) is 0 Å². The third kappa shape index (κ3) is 2.80. The van der Waals surface area contributed by atoms with Gasteiger partial charge in [-0.05, 0) is 23.1 Å². The highest BCUT2D eigenvalue weighted by molar-refractivity contribution is 7.92. The highest BCUT2D eigenvalue weighted by Crippen LogP contribution is 2.32. The van der Waals surface area contributed by atoms with Gasteiger partial charge in [0.25, 0.3) is 9.84 Å². The molecule has 0 N–H and O–H groups in total. The van der Waals surface area contributed by atoms with Gasteiger partial charge in [-0.25, -0.2) is 8.42 Å². The van der Waals surface area contributed by atoms with Crippen LogP contribution in [-0.2, 0) is 15.3 Å². The van der Waals surface area contributed by atoms with E-state index in [0.717, 1.165) is 12.1 Å². The first-order chi connectivity index (χ1) is 7.46. The normalized spacial score (nSPS) is 13.8. The summed E-state index contributed by atoms with van der Waals surface area (Å²) < 4.78 is 59.5. The first kappa shape index (κ1) is 14.0. The quantitative estimate of drug-likeness (QED) is 0.781. The molecule has 17 heavy (non-hydrogen) atoms. The van der Waals surface area contributed by atoms with E-state index in [9.17, 15) is 21.6 Å². The third-order valence-electron chi connectivity index (χ3n) is 2.32. The highest BCUT2D eigenvalue weighted by atomic mass is 32.2. The molecule has 0 bridgehead atoms. The molecule has 0 aromatic heterocycles. The molecule has 0 heterocycles. The molecule has 1 aromatic carbocycles. The number of hydrogen-bond acceptors (Lipinski definition) is 2. The largest absolute Gasteiger partial charge is 0.501 e. The van der Waals surface area contributed by atoms with Gasteiger partial charge in [0.05, 0.1) is 4.90 Å². The van der Waals surface area contributed by atoms with E-state index >= 15 is 0 Å². The Bertz CT molecular complexity index is 510. The minimum absolute atomic E-state index is 0.406. The maximum absolute atomic E-state index is 12.4. The second-order valence-electron chi connectivity index (χ2n) is 4.73. The van der Waals surface area contributed by atoms with Crippen molar-refractivity contribution < 1.29 is 21.6 Å². The molecule has 0 aliphatic heterocycles. The Balaban J connectivity index is 3.37. The van der Waals surface area contributed by atoms with E-state index in [1.165, 1.54) is 6.07 Å². The van der Waals surface area contributed by atoms with Crippen LogP contribution in [0.1, 0.15) is 26.3 Å². The Labute approximate surface area is 98.4 Å².